The summed E-state index contributed by atoms with van der Waals surface area (Å²) in [7, 11) is -7.49. The van der Waals surface area contributed by atoms with Crippen molar-refractivity contribution in [1.29, 1.82) is 0 Å². The highest BCUT2D eigenvalue weighted by Gasteiger charge is 2.37. The largest absolute Gasteiger partial charge is 0.455 e. The van der Waals surface area contributed by atoms with E-state index in [9.17, 15) is 30.4 Å². The molecule has 196 valence electrons. The summed E-state index contributed by atoms with van der Waals surface area (Å²) in [6.45, 7) is 0. The number of pyridine rings is 1. The molecule has 1 unspecified atom stereocenters. The third-order valence-corrected chi connectivity index (χ3v) is 9.79. The molecule has 1 amide bonds. The van der Waals surface area contributed by atoms with Gasteiger partial charge in [0, 0.05) is 15.7 Å². The third kappa shape index (κ3) is 6.45. The summed E-state index contributed by atoms with van der Waals surface area (Å²) in [5.41, 5.74) is 4.98. The monoisotopic (exact) mass is 664 g/mol. The zero-order valence-electron chi connectivity index (χ0n) is 18.7. The number of benzene rings is 2. The van der Waals surface area contributed by atoms with Crippen LogP contribution >= 0.6 is 22.6 Å². The summed E-state index contributed by atoms with van der Waals surface area (Å²) in [5.74, 6) is -3.61. The Morgan fingerprint density at radius 3 is 2.54 bits per heavy atom. The number of nitrogens with one attached hydrogen (secondary N) is 2. The summed E-state index contributed by atoms with van der Waals surface area (Å²) in [6, 6.07) is 7.30. The van der Waals surface area contributed by atoms with Crippen molar-refractivity contribution in [2.45, 2.75) is 11.7 Å². The van der Waals surface area contributed by atoms with Gasteiger partial charge in [-0.05, 0) is 53.3 Å². The van der Waals surface area contributed by atoms with Crippen molar-refractivity contribution in [2.75, 3.05) is 21.5 Å². The number of sulfonamides is 1. The molecule has 3 aromatic rings. The molecule has 1 aliphatic rings. The Morgan fingerprint density at radius 1 is 1.14 bits per heavy atom. The van der Waals surface area contributed by atoms with Crippen LogP contribution in [0.4, 0.5) is 25.8 Å². The molecule has 2 heterocycles. The molecule has 0 spiro atoms. The first-order valence-electron chi connectivity index (χ1n) is 10.5. The molecule has 0 bridgehead atoms. The first-order valence-corrected chi connectivity index (χ1v) is 15.0. The number of hydrogen-bond acceptors (Lipinski definition) is 8. The number of halogens is 3. The average molecular weight is 664 g/mol. The number of amides is 1. The van der Waals surface area contributed by atoms with Gasteiger partial charge in [-0.15, -0.1) is 0 Å². The highest BCUT2D eigenvalue weighted by Crippen LogP contribution is 2.35. The van der Waals surface area contributed by atoms with Gasteiger partial charge in [0.1, 0.15) is 28.7 Å². The Bertz CT molecular complexity index is 1600. The summed E-state index contributed by atoms with van der Waals surface area (Å²) >= 11 is 1.92. The minimum absolute atomic E-state index is 0.0357. The fourth-order valence-corrected chi connectivity index (χ4v) is 8.18. The summed E-state index contributed by atoms with van der Waals surface area (Å²) in [6.07, 6.45) is 2.31. The molecule has 0 aliphatic carbocycles. The second kappa shape index (κ2) is 10.4. The van der Waals surface area contributed by atoms with Crippen molar-refractivity contribution in [2.24, 2.45) is 5.73 Å². The number of primary amides is 1. The highest BCUT2D eigenvalue weighted by molar-refractivity contribution is 14.1. The van der Waals surface area contributed by atoms with Crippen molar-refractivity contribution in [1.82, 2.24) is 4.98 Å². The number of aromatic nitrogens is 1. The lowest BCUT2D eigenvalue weighted by Crippen LogP contribution is -2.28. The Hall–Kier alpha value is -3.05. The molecule has 1 aromatic heterocycles. The SMILES string of the molecule is NC(=O)c1c(Nc2ccc(I)cc2F)cc(F)cc1Oc1cncc(NS(=O)(=O)C2CCS(=O)(=O)C2)c1. The molecule has 2 aromatic carbocycles. The van der Waals surface area contributed by atoms with Crippen molar-refractivity contribution in [3.8, 4) is 11.5 Å². The Balaban J connectivity index is 1.63. The van der Waals surface area contributed by atoms with E-state index in [-0.39, 0.29) is 46.3 Å². The lowest BCUT2D eigenvalue weighted by Gasteiger charge is -2.16. The van der Waals surface area contributed by atoms with E-state index < -0.39 is 48.4 Å². The number of sulfone groups is 1. The maximum Gasteiger partial charge on any atom is 0.254 e. The van der Waals surface area contributed by atoms with E-state index in [1.807, 2.05) is 22.6 Å². The predicted molar refractivity (Wildman–Crippen MR) is 141 cm³/mol. The van der Waals surface area contributed by atoms with Gasteiger partial charge in [0.25, 0.3) is 5.91 Å². The maximum absolute atomic E-state index is 14.5. The van der Waals surface area contributed by atoms with Crippen molar-refractivity contribution in [3.05, 3.63) is 69.6 Å². The first kappa shape index (κ1) is 27.0. The summed E-state index contributed by atoms with van der Waals surface area (Å²) < 4.78 is 85.9. The quantitative estimate of drug-likeness (QED) is 0.309. The Morgan fingerprint density at radius 2 is 1.89 bits per heavy atom. The minimum atomic E-state index is -4.06. The zero-order valence-corrected chi connectivity index (χ0v) is 22.5. The molecule has 0 saturated carbocycles. The summed E-state index contributed by atoms with van der Waals surface area (Å²) in [4.78, 5) is 16.1. The van der Waals surface area contributed by atoms with Gasteiger partial charge in [-0.3, -0.25) is 14.5 Å². The fourth-order valence-electron chi connectivity index (χ4n) is 3.66. The van der Waals surface area contributed by atoms with Crippen LogP contribution in [0.1, 0.15) is 16.8 Å². The molecule has 15 heteroatoms. The van der Waals surface area contributed by atoms with E-state index >= 15 is 0 Å². The minimum Gasteiger partial charge on any atom is -0.455 e. The van der Waals surface area contributed by atoms with Crippen molar-refractivity contribution in [3.63, 3.8) is 0 Å². The van der Waals surface area contributed by atoms with Crippen LogP contribution in [0.15, 0.2) is 48.8 Å². The van der Waals surface area contributed by atoms with E-state index in [1.165, 1.54) is 30.6 Å². The molecule has 4 rings (SSSR count). The first-order chi connectivity index (χ1) is 17.3. The molecule has 1 fully saturated rings. The zero-order chi connectivity index (χ0) is 27.0. The fraction of sp³-hybridized carbons (Fsp3) is 0.182. The topological polar surface area (TPSA) is 158 Å². The number of hydrogen-bond donors (Lipinski definition) is 3. The lowest BCUT2D eigenvalue weighted by molar-refractivity contribution is 0.0999. The lowest BCUT2D eigenvalue weighted by atomic mass is 10.1. The van der Waals surface area contributed by atoms with Gasteiger partial charge in [0.2, 0.25) is 10.0 Å². The van der Waals surface area contributed by atoms with Gasteiger partial charge in [-0.25, -0.2) is 25.6 Å². The standard InChI is InChI=1S/C22H19F2IN4O6S2/c23-12-5-19(28-18-2-1-13(25)7-17(18)24)21(22(26)30)20(6-12)35-15-8-14(9-27-10-15)29-37(33,34)16-3-4-36(31,32)11-16/h1-2,5-10,16,28-29H,3-4,11H2,(H2,26,30). The second-order valence-electron chi connectivity index (χ2n) is 8.12. The number of rotatable bonds is 8. The van der Waals surface area contributed by atoms with Crippen LogP contribution in [0, 0.1) is 15.2 Å². The molecule has 1 atom stereocenters. The van der Waals surface area contributed by atoms with Crippen LogP contribution in [0.5, 0.6) is 11.5 Å². The van der Waals surface area contributed by atoms with Crippen LogP contribution in [-0.2, 0) is 19.9 Å². The van der Waals surface area contributed by atoms with Gasteiger partial charge in [-0.1, -0.05) is 0 Å². The Labute approximate surface area is 224 Å². The average Bonchev–Trinajstić information content (AvgIpc) is 3.16. The van der Waals surface area contributed by atoms with E-state index in [4.69, 9.17) is 10.5 Å². The van der Waals surface area contributed by atoms with Crippen LogP contribution in [0.3, 0.4) is 0 Å². The predicted octanol–water partition coefficient (Wildman–Crippen LogP) is 3.53. The smallest absolute Gasteiger partial charge is 0.254 e. The Kier molecular flexibility index (Phi) is 7.57. The van der Waals surface area contributed by atoms with Gasteiger partial charge < -0.3 is 15.8 Å². The number of anilines is 3. The summed E-state index contributed by atoms with van der Waals surface area (Å²) in [5, 5.41) is 1.52. The molecule has 10 nitrogen and oxygen atoms in total. The van der Waals surface area contributed by atoms with Crippen molar-refractivity contribution >= 4 is 65.4 Å². The van der Waals surface area contributed by atoms with Gasteiger partial charge >= 0.3 is 0 Å². The second-order valence-corrected chi connectivity index (χ2v) is 13.6. The molecule has 1 saturated heterocycles. The van der Waals surface area contributed by atoms with Gasteiger partial charge in [0.15, 0.2) is 9.84 Å². The van der Waals surface area contributed by atoms with Crippen LogP contribution < -0.4 is 20.5 Å². The van der Waals surface area contributed by atoms with Crippen LogP contribution in [0.2, 0.25) is 0 Å². The number of carbonyl (C=O) groups excluding carboxylic acids is 1. The molecule has 4 N–H and O–H groups in total. The van der Waals surface area contributed by atoms with E-state index in [2.05, 4.69) is 15.0 Å². The maximum atomic E-state index is 14.5. The molecule has 37 heavy (non-hydrogen) atoms. The highest BCUT2D eigenvalue weighted by atomic mass is 127. The number of nitrogens with zero attached hydrogens (tertiary/aromatic N) is 1. The van der Waals surface area contributed by atoms with Crippen molar-refractivity contribution < 1.29 is 35.1 Å². The normalized spacial score (nSPS) is 16.8. The van der Waals surface area contributed by atoms with Gasteiger partial charge in [-0.2, -0.15) is 0 Å². The van der Waals surface area contributed by atoms with Crippen LogP contribution in [-0.4, -0.2) is 44.5 Å². The number of carbonyl (C=O) groups is 1. The number of ether oxygens (including phenoxy) is 1. The van der Waals surface area contributed by atoms with E-state index in [1.54, 1.807) is 6.07 Å². The van der Waals surface area contributed by atoms with E-state index in [0.717, 1.165) is 12.1 Å². The third-order valence-electron chi connectivity index (χ3n) is 5.34. The van der Waals surface area contributed by atoms with Gasteiger partial charge in [0.05, 0.1) is 46.2 Å². The molecule has 0 radical (unpaired) electrons. The number of nitrogens with two attached hydrogens (primary N) is 1. The molecular weight excluding hydrogens is 645 g/mol. The van der Waals surface area contributed by atoms with E-state index in [0.29, 0.717) is 3.57 Å². The molecular formula is C22H19F2IN4O6S2. The van der Waals surface area contributed by atoms with Crippen LogP contribution in [0.25, 0.3) is 0 Å². The molecule has 1 aliphatic heterocycles.